The van der Waals surface area contributed by atoms with Gasteiger partial charge >= 0.3 is 0 Å². The summed E-state index contributed by atoms with van der Waals surface area (Å²) in [6.07, 6.45) is 2.33. The second-order valence-corrected chi connectivity index (χ2v) is 3.35. The molecule has 0 radical (unpaired) electrons. The van der Waals surface area contributed by atoms with Gasteiger partial charge in [-0.1, -0.05) is 0 Å². The van der Waals surface area contributed by atoms with Gasteiger partial charge < -0.3 is 4.90 Å². The Morgan fingerprint density at radius 2 is 2.44 bits per heavy atom. The molecule has 1 aliphatic carbocycles. The predicted octanol–water partition coefficient (Wildman–Crippen LogP) is 0.627. The average molecular weight is 125 g/mol. The van der Waals surface area contributed by atoms with E-state index in [0.29, 0.717) is 11.8 Å². The van der Waals surface area contributed by atoms with Crippen LogP contribution >= 0.6 is 0 Å². The van der Waals surface area contributed by atoms with Gasteiger partial charge in [-0.2, -0.15) is 0 Å². The first-order valence-corrected chi connectivity index (χ1v) is 3.44. The van der Waals surface area contributed by atoms with Crippen molar-refractivity contribution in [3.05, 3.63) is 0 Å². The first-order chi connectivity index (χ1) is 4.16. The number of likely N-dealkylation sites (tertiary alicyclic amines) is 1. The largest absolute Gasteiger partial charge is 0.339 e. The maximum absolute atomic E-state index is 11.0. The summed E-state index contributed by atoms with van der Waals surface area (Å²) in [7, 11) is 1.90. The molecule has 1 saturated carbocycles. The van der Waals surface area contributed by atoms with Crippen molar-refractivity contribution >= 4 is 5.91 Å². The van der Waals surface area contributed by atoms with Gasteiger partial charge in [0, 0.05) is 7.05 Å². The van der Waals surface area contributed by atoms with Crippen LogP contribution in [0.15, 0.2) is 0 Å². The zero-order valence-electron chi connectivity index (χ0n) is 5.85. The first kappa shape index (κ1) is 5.27. The van der Waals surface area contributed by atoms with Crippen molar-refractivity contribution in [2.75, 3.05) is 7.05 Å². The van der Waals surface area contributed by atoms with E-state index in [1.807, 2.05) is 11.9 Å². The molecule has 1 amide bonds. The summed E-state index contributed by atoms with van der Waals surface area (Å²) in [5.41, 5.74) is 0.275. The topological polar surface area (TPSA) is 20.3 Å². The number of hydrogen-bond acceptors (Lipinski definition) is 1. The number of β-lactam (4-membered cyclic amide) rings is 1. The molecular formula is C7H11NO. The van der Waals surface area contributed by atoms with Crippen LogP contribution in [0.4, 0.5) is 0 Å². The third kappa shape index (κ3) is 0.345. The van der Waals surface area contributed by atoms with E-state index in [4.69, 9.17) is 0 Å². The number of carbonyl (C=O) groups is 1. The van der Waals surface area contributed by atoms with Crippen LogP contribution in [-0.4, -0.2) is 23.4 Å². The molecule has 1 aliphatic heterocycles. The molecule has 0 bridgehead atoms. The van der Waals surface area contributed by atoms with Crippen molar-refractivity contribution in [3.63, 3.8) is 0 Å². The molecule has 2 heteroatoms. The number of amides is 1. The Balaban J connectivity index is 2.23. The summed E-state index contributed by atoms with van der Waals surface area (Å²) in [5, 5.41) is 0. The summed E-state index contributed by atoms with van der Waals surface area (Å²) < 4.78 is 0. The van der Waals surface area contributed by atoms with E-state index in [0.717, 1.165) is 6.42 Å². The second kappa shape index (κ2) is 1.15. The van der Waals surface area contributed by atoms with Crippen LogP contribution in [0, 0.1) is 5.92 Å². The Hall–Kier alpha value is -0.530. The van der Waals surface area contributed by atoms with E-state index >= 15 is 0 Å². The molecule has 2 unspecified atom stereocenters. The van der Waals surface area contributed by atoms with Gasteiger partial charge in [-0.15, -0.1) is 0 Å². The summed E-state index contributed by atoms with van der Waals surface area (Å²) in [6.45, 7) is 2.17. The molecule has 0 aromatic heterocycles. The highest BCUT2D eigenvalue weighted by atomic mass is 16.2. The lowest BCUT2D eigenvalue weighted by atomic mass is 9.60. The van der Waals surface area contributed by atoms with Crippen LogP contribution in [-0.2, 0) is 4.79 Å². The lowest BCUT2D eigenvalue weighted by molar-refractivity contribution is -0.182. The van der Waals surface area contributed by atoms with Crippen LogP contribution in [0.1, 0.15) is 19.8 Å². The van der Waals surface area contributed by atoms with Crippen LogP contribution in [0.3, 0.4) is 0 Å². The molecule has 0 N–H and O–H groups in total. The fourth-order valence-corrected chi connectivity index (χ4v) is 1.92. The van der Waals surface area contributed by atoms with E-state index < -0.39 is 0 Å². The van der Waals surface area contributed by atoms with Gasteiger partial charge in [0.1, 0.15) is 0 Å². The van der Waals surface area contributed by atoms with E-state index in [9.17, 15) is 4.79 Å². The Morgan fingerprint density at radius 3 is 2.56 bits per heavy atom. The molecule has 2 atom stereocenters. The second-order valence-electron chi connectivity index (χ2n) is 3.35. The molecule has 50 valence electrons. The minimum Gasteiger partial charge on any atom is -0.339 e. The Morgan fingerprint density at radius 1 is 1.78 bits per heavy atom. The number of rotatable bonds is 0. The molecule has 2 fully saturated rings. The van der Waals surface area contributed by atoms with Crippen LogP contribution in [0.5, 0.6) is 0 Å². The molecular weight excluding hydrogens is 114 g/mol. The minimum atomic E-state index is 0.275. The standard InChI is InChI=1S/C7H11NO/c1-7-4-3-5(7)6(9)8(7)2/h5H,3-4H2,1-2H3. The molecule has 2 nitrogen and oxygen atoms in total. The maximum atomic E-state index is 11.0. The fourth-order valence-electron chi connectivity index (χ4n) is 1.92. The molecule has 2 rings (SSSR count). The van der Waals surface area contributed by atoms with Crippen molar-refractivity contribution in [2.45, 2.75) is 25.3 Å². The zero-order chi connectivity index (χ0) is 6.65. The zero-order valence-corrected chi connectivity index (χ0v) is 5.85. The third-order valence-electron chi connectivity index (χ3n) is 3.08. The molecule has 9 heavy (non-hydrogen) atoms. The van der Waals surface area contributed by atoms with Crippen LogP contribution in [0.25, 0.3) is 0 Å². The van der Waals surface area contributed by atoms with E-state index in [2.05, 4.69) is 6.92 Å². The van der Waals surface area contributed by atoms with Crippen molar-refractivity contribution in [1.29, 1.82) is 0 Å². The Bertz CT molecular complexity index is 168. The van der Waals surface area contributed by atoms with Crippen molar-refractivity contribution in [1.82, 2.24) is 4.90 Å². The van der Waals surface area contributed by atoms with Crippen LogP contribution in [0.2, 0.25) is 0 Å². The van der Waals surface area contributed by atoms with Gasteiger partial charge in [0.2, 0.25) is 5.91 Å². The average Bonchev–Trinajstić information content (AvgIpc) is 1.82. The molecule has 0 spiro atoms. The third-order valence-corrected chi connectivity index (χ3v) is 3.08. The van der Waals surface area contributed by atoms with Gasteiger partial charge in [0.05, 0.1) is 11.5 Å². The molecule has 1 heterocycles. The fraction of sp³-hybridized carbons (Fsp3) is 0.857. The normalized spacial score (nSPS) is 47.6. The summed E-state index contributed by atoms with van der Waals surface area (Å²) in [5.74, 6) is 0.742. The lowest BCUT2D eigenvalue weighted by Gasteiger charge is -2.61. The number of carbonyl (C=O) groups excluding carboxylic acids is 1. The van der Waals surface area contributed by atoms with Gasteiger partial charge in [0.25, 0.3) is 0 Å². The minimum absolute atomic E-state index is 0.275. The predicted molar refractivity (Wildman–Crippen MR) is 33.9 cm³/mol. The highest BCUT2D eigenvalue weighted by Gasteiger charge is 2.60. The summed E-state index contributed by atoms with van der Waals surface area (Å²) >= 11 is 0. The summed E-state index contributed by atoms with van der Waals surface area (Å²) in [6, 6.07) is 0. The highest BCUT2D eigenvalue weighted by molar-refractivity contribution is 5.89. The smallest absolute Gasteiger partial charge is 0.228 e. The van der Waals surface area contributed by atoms with Gasteiger partial charge in [-0.25, -0.2) is 0 Å². The molecule has 0 aromatic carbocycles. The van der Waals surface area contributed by atoms with Crippen molar-refractivity contribution < 1.29 is 4.79 Å². The lowest BCUT2D eigenvalue weighted by Crippen LogP contribution is -2.73. The van der Waals surface area contributed by atoms with E-state index in [-0.39, 0.29) is 5.54 Å². The number of hydrogen-bond donors (Lipinski definition) is 0. The van der Waals surface area contributed by atoms with Crippen molar-refractivity contribution in [2.24, 2.45) is 5.92 Å². The van der Waals surface area contributed by atoms with Gasteiger partial charge in [-0.3, -0.25) is 4.79 Å². The van der Waals surface area contributed by atoms with Gasteiger partial charge in [-0.05, 0) is 19.8 Å². The van der Waals surface area contributed by atoms with Crippen LogP contribution < -0.4 is 0 Å². The quantitative estimate of drug-likeness (QED) is 0.435. The number of piperidine rings is 1. The SMILES string of the molecule is CN1C(=O)C2CCC21C. The first-order valence-electron chi connectivity index (χ1n) is 3.44. The molecule has 0 aromatic rings. The molecule has 1 saturated heterocycles. The highest BCUT2D eigenvalue weighted by Crippen LogP contribution is 2.51. The monoisotopic (exact) mass is 125 g/mol. The number of nitrogens with zero attached hydrogens (tertiary/aromatic N) is 1. The Kier molecular flexibility index (Phi) is 0.675. The van der Waals surface area contributed by atoms with E-state index in [1.165, 1.54) is 6.42 Å². The molecule has 2 aliphatic rings. The Labute approximate surface area is 54.8 Å². The maximum Gasteiger partial charge on any atom is 0.228 e. The van der Waals surface area contributed by atoms with Crippen molar-refractivity contribution in [3.8, 4) is 0 Å². The van der Waals surface area contributed by atoms with E-state index in [1.54, 1.807) is 0 Å². The van der Waals surface area contributed by atoms with Gasteiger partial charge in [0.15, 0.2) is 0 Å². The summed E-state index contributed by atoms with van der Waals surface area (Å²) in [4.78, 5) is 12.8. The number of fused-ring (bicyclic) bond motifs is 1.